The smallest absolute Gasteiger partial charge is 0.284 e. The van der Waals surface area contributed by atoms with E-state index in [9.17, 15) is 4.39 Å². The lowest BCUT2D eigenvalue weighted by Crippen LogP contribution is -3.00. The summed E-state index contributed by atoms with van der Waals surface area (Å²) in [6.45, 7) is 0. The number of benzene rings is 1. The van der Waals surface area contributed by atoms with Crippen LogP contribution in [0.2, 0.25) is 0 Å². The molecule has 1 N–H and O–H groups in total. The van der Waals surface area contributed by atoms with Crippen LogP contribution in [0.4, 0.5) is 10.1 Å². The van der Waals surface area contributed by atoms with Crippen LogP contribution in [0, 0.1) is 5.82 Å². The summed E-state index contributed by atoms with van der Waals surface area (Å²) < 4.78 is 15.2. The second kappa shape index (κ2) is 8.46. The molecular weight excluding hydrogens is 352 g/mol. The molecule has 0 saturated heterocycles. The van der Waals surface area contributed by atoms with Crippen molar-refractivity contribution in [3.8, 4) is 0 Å². The minimum Gasteiger partial charge on any atom is -1.00 e. The van der Waals surface area contributed by atoms with Crippen LogP contribution in [-0.4, -0.2) is 36.4 Å². The van der Waals surface area contributed by atoms with Crippen molar-refractivity contribution in [3.63, 3.8) is 0 Å². The zero-order valence-electron chi connectivity index (χ0n) is 9.95. The van der Waals surface area contributed by atoms with Crippen molar-refractivity contribution in [1.82, 2.24) is 0 Å². The zero-order chi connectivity index (χ0) is 12.0. The minimum atomic E-state index is -0.283. The van der Waals surface area contributed by atoms with Crippen molar-refractivity contribution in [2.45, 2.75) is 0 Å². The third kappa shape index (κ3) is 6.02. The maximum Gasteiger partial charge on any atom is 0.284 e. The number of thioether (sulfide) groups is 1. The molecule has 94 valence electrons. The van der Waals surface area contributed by atoms with Crippen molar-refractivity contribution in [1.29, 1.82) is 0 Å². The van der Waals surface area contributed by atoms with Gasteiger partial charge in [0.15, 0.2) is 0 Å². The molecule has 0 aliphatic heterocycles. The molecule has 3 nitrogen and oxygen atoms in total. The third-order valence-corrected chi connectivity index (χ3v) is 2.31. The van der Waals surface area contributed by atoms with E-state index in [4.69, 9.17) is 0 Å². The number of nitrogens with one attached hydrogen (secondary N) is 1. The van der Waals surface area contributed by atoms with E-state index in [-0.39, 0.29) is 29.8 Å². The van der Waals surface area contributed by atoms with Gasteiger partial charge in [-0.3, -0.25) is 4.58 Å². The quantitative estimate of drug-likeness (QED) is 0.323. The van der Waals surface area contributed by atoms with Gasteiger partial charge in [0, 0.05) is 0 Å². The van der Waals surface area contributed by atoms with Gasteiger partial charge < -0.3 is 29.3 Å². The van der Waals surface area contributed by atoms with Crippen molar-refractivity contribution in [2.24, 2.45) is 4.99 Å². The van der Waals surface area contributed by atoms with E-state index in [1.807, 2.05) is 24.9 Å². The molecule has 0 radical (unpaired) electrons. The van der Waals surface area contributed by atoms with E-state index < -0.39 is 0 Å². The van der Waals surface area contributed by atoms with Crippen LogP contribution < -0.4 is 29.3 Å². The molecule has 0 aliphatic rings. The number of hydrogen-bond donors (Lipinski definition) is 1. The Labute approximate surface area is 122 Å². The van der Waals surface area contributed by atoms with Gasteiger partial charge in [-0.2, -0.15) is 0 Å². The number of nitrogens with zero attached hydrogens (tertiary/aromatic N) is 2. The monoisotopic (exact) mass is 367 g/mol. The van der Waals surface area contributed by atoms with Crippen molar-refractivity contribution in [2.75, 3.05) is 25.7 Å². The van der Waals surface area contributed by atoms with E-state index in [1.165, 1.54) is 17.8 Å². The second-order valence-corrected chi connectivity index (χ2v) is 4.12. The van der Waals surface area contributed by atoms with Crippen LogP contribution in [-0.2, 0) is 0 Å². The normalized spacial score (nSPS) is 10.5. The molecule has 0 bridgehead atoms. The molecule has 0 aliphatic carbocycles. The number of hydrogen-bond acceptors (Lipinski definition) is 1. The molecule has 0 aromatic heterocycles. The predicted molar refractivity (Wildman–Crippen MR) is 69.1 cm³/mol. The Bertz CT molecular complexity index is 417. The molecule has 1 aromatic carbocycles. The molecule has 0 fully saturated rings. The number of aliphatic imine (C=N–C) groups is 1. The van der Waals surface area contributed by atoms with Gasteiger partial charge in [-0.25, -0.2) is 4.39 Å². The highest BCUT2D eigenvalue weighted by Crippen LogP contribution is 2.14. The van der Waals surface area contributed by atoms with E-state index in [0.29, 0.717) is 10.9 Å². The molecule has 17 heavy (non-hydrogen) atoms. The summed E-state index contributed by atoms with van der Waals surface area (Å²) in [5.74, 6) is -0.283. The van der Waals surface area contributed by atoms with Crippen LogP contribution >= 0.6 is 11.8 Å². The van der Waals surface area contributed by atoms with Crippen molar-refractivity contribution >= 4 is 29.0 Å². The van der Waals surface area contributed by atoms with Gasteiger partial charge in [-0.05, 0) is 23.4 Å². The maximum atomic E-state index is 13.3. The highest BCUT2D eigenvalue weighted by atomic mass is 127. The molecule has 6 heteroatoms. The number of rotatable bonds is 2. The average molecular weight is 367 g/mol. The Balaban J connectivity index is 0.00000256. The fourth-order valence-corrected chi connectivity index (χ4v) is 1.35. The molecule has 0 saturated carbocycles. The second-order valence-electron chi connectivity index (χ2n) is 3.32. The van der Waals surface area contributed by atoms with Crippen molar-refractivity contribution in [3.05, 3.63) is 30.1 Å². The first-order valence-corrected chi connectivity index (χ1v) is 5.99. The summed E-state index contributed by atoms with van der Waals surface area (Å²) in [7, 11) is 3.76. The van der Waals surface area contributed by atoms with Crippen LogP contribution in [0.25, 0.3) is 0 Å². The molecule has 1 aromatic rings. The Kier molecular flexibility index (Phi) is 8.15. The molecule has 0 spiro atoms. The molecule has 0 unspecified atom stereocenters. The first-order valence-electron chi connectivity index (χ1n) is 4.76. The Morgan fingerprint density at radius 2 is 2.06 bits per heavy atom. The van der Waals surface area contributed by atoms with Crippen LogP contribution in [0.15, 0.2) is 29.3 Å². The molecule has 0 heterocycles. The summed E-state index contributed by atoms with van der Waals surface area (Å²) in [5.41, 5.74) is 0.433. The summed E-state index contributed by atoms with van der Waals surface area (Å²) in [6.07, 6.45) is 3.55. The maximum absolute atomic E-state index is 13.3. The molecule has 1 rings (SSSR count). The minimum absolute atomic E-state index is 0. The molecule has 0 amide bonds. The fourth-order valence-electron chi connectivity index (χ4n) is 0.982. The lowest BCUT2D eigenvalue weighted by Gasteiger charge is -2.03. The van der Waals surface area contributed by atoms with Gasteiger partial charge in [0.1, 0.15) is 5.82 Å². The molecular formula is C11H15FIN3S. The van der Waals surface area contributed by atoms with Gasteiger partial charge in [-0.15, -0.1) is 0 Å². The first-order chi connectivity index (χ1) is 7.63. The van der Waals surface area contributed by atoms with E-state index in [0.717, 1.165) is 0 Å². The fraction of sp³-hybridized carbons (Fsp3) is 0.273. The van der Waals surface area contributed by atoms with Gasteiger partial charge in [0.05, 0.1) is 19.8 Å². The lowest BCUT2D eigenvalue weighted by molar-refractivity contribution is -0.460. The highest BCUT2D eigenvalue weighted by Gasteiger charge is 2.06. The standard InChI is InChI=1S/C11H14FN3S.HI/c1-15(2)8-13-11(16-3)14-10-7-5-4-6-9(10)12;/h4-8H,1-3H3;1H. The predicted octanol–water partition coefficient (Wildman–Crippen LogP) is -0.739. The zero-order valence-corrected chi connectivity index (χ0v) is 12.9. The average Bonchev–Trinajstić information content (AvgIpc) is 2.26. The lowest BCUT2D eigenvalue weighted by atomic mass is 10.3. The Hall–Kier alpha value is -0.630. The summed E-state index contributed by atoms with van der Waals surface area (Å²) >= 11 is 1.43. The van der Waals surface area contributed by atoms with Crippen LogP contribution in [0.1, 0.15) is 0 Å². The number of anilines is 1. The molecule has 0 atom stereocenters. The van der Waals surface area contributed by atoms with Crippen LogP contribution in [0.5, 0.6) is 0 Å². The van der Waals surface area contributed by atoms with Gasteiger partial charge in [-0.1, -0.05) is 23.9 Å². The summed E-state index contributed by atoms with van der Waals surface area (Å²) in [5, 5.41) is 3.58. The van der Waals surface area contributed by atoms with Crippen molar-refractivity contribution < 1.29 is 32.9 Å². The largest absolute Gasteiger partial charge is 1.00 e. The highest BCUT2D eigenvalue weighted by molar-refractivity contribution is 8.13. The summed E-state index contributed by atoms with van der Waals surface area (Å²) in [6, 6.07) is 6.52. The topological polar surface area (TPSA) is 27.4 Å². The number of para-hydroxylation sites is 1. The SMILES string of the molecule is CSC(=NC=[N+](C)C)Nc1ccccc1F.[I-]. The first kappa shape index (κ1) is 16.4. The van der Waals surface area contributed by atoms with Gasteiger partial charge in [0.25, 0.3) is 11.5 Å². The number of halogens is 2. The van der Waals surface area contributed by atoms with Gasteiger partial charge in [0.2, 0.25) is 0 Å². The van der Waals surface area contributed by atoms with E-state index in [1.54, 1.807) is 24.5 Å². The number of amidine groups is 1. The van der Waals surface area contributed by atoms with Crippen LogP contribution in [0.3, 0.4) is 0 Å². The van der Waals surface area contributed by atoms with E-state index in [2.05, 4.69) is 10.3 Å². The Morgan fingerprint density at radius 1 is 1.41 bits per heavy atom. The Morgan fingerprint density at radius 3 is 2.59 bits per heavy atom. The van der Waals surface area contributed by atoms with Gasteiger partial charge >= 0.3 is 0 Å². The third-order valence-electron chi connectivity index (χ3n) is 1.71. The van der Waals surface area contributed by atoms with E-state index >= 15 is 0 Å². The summed E-state index contributed by atoms with van der Waals surface area (Å²) in [4.78, 5) is 4.18.